The number of hydrogen-bond acceptors (Lipinski definition) is 4. The van der Waals surface area contributed by atoms with Crippen molar-refractivity contribution >= 4 is 34.2 Å². The summed E-state index contributed by atoms with van der Waals surface area (Å²) < 4.78 is 10.9. The lowest BCUT2D eigenvalue weighted by Gasteiger charge is -2.08. The Bertz CT molecular complexity index is 1200. The lowest BCUT2D eigenvalue weighted by molar-refractivity contribution is 0.102. The molecule has 0 unspecified atom stereocenters. The second-order valence-corrected chi connectivity index (χ2v) is 6.41. The minimum absolute atomic E-state index is 0.0978. The van der Waals surface area contributed by atoms with Gasteiger partial charge in [-0.05, 0) is 48.5 Å². The fourth-order valence-corrected chi connectivity index (χ4v) is 2.92. The first-order chi connectivity index (χ1) is 13.6. The monoisotopic (exact) mass is 391 g/mol. The van der Waals surface area contributed by atoms with E-state index in [1.54, 1.807) is 42.5 Å². The zero-order valence-electron chi connectivity index (χ0n) is 14.5. The number of para-hydroxylation sites is 2. The molecule has 6 heteroatoms. The van der Waals surface area contributed by atoms with Crippen LogP contribution in [-0.4, -0.2) is 5.91 Å². The van der Waals surface area contributed by atoms with E-state index >= 15 is 0 Å². The molecule has 28 heavy (non-hydrogen) atoms. The van der Waals surface area contributed by atoms with Crippen molar-refractivity contribution in [2.45, 2.75) is 0 Å². The summed E-state index contributed by atoms with van der Waals surface area (Å²) in [5.41, 5.74) is -0.0642. The molecule has 138 valence electrons. The van der Waals surface area contributed by atoms with Crippen LogP contribution in [0.5, 0.6) is 11.5 Å². The topological polar surface area (TPSA) is 68.5 Å². The quantitative estimate of drug-likeness (QED) is 0.467. The third-order valence-corrected chi connectivity index (χ3v) is 4.35. The van der Waals surface area contributed by atoms with Gasteiger partial charge in [0, 0.05) is 11.1 Å². The summed E-state index contributed by atoms with van der Waals surface area (Å²) in [6.45, 7) is 0. The van der Waals surface area contributed by atoms with Crippen molar-refractivity contribution in [3.8, 4) is 11.5 Å². The number of anilines is 1. The van der Waals surface area contributed by atoms with E-state index in [9.17, 15) is 9.59 Å². The molecule has 0 spiro atoms. The van der Waals surface area contributed by atoms with Crippen molar-refractivity contribution in [1.82, 2.24) is 0 Å². The first kappa shape index (κ1) is 17.8. The summed E-state index contributed by atoms with van der Waals surface area (Å²) in [5.74, 6) is 0.781. The van der Waals surface area contributed by atoms with Gasteiger partial charge < -0.3 is 14.5 Å². The summed E-state index contributed by atoms with van der Waals surface area (Å²) in [7, 11) is 0. The lowest BCUT2D eigenvalue weighted by atomic mass is 10.1. The molecular formula is C22H14ClNO4. The van der Waals surface area contributed by atoms with Gasteiger partial charge in [-0.2, -0.15) is 0 Å². The first-order valence-electron chi connectivity index (χ1n) is 8.47. The first-order valence-corrected chi connectivity index (χ1v) is 8.85. The number of carbonyl (C=O) groups is 1. The molecule has 0 aliphatic carbocycles. The Morgan fingerprint density at radius 2 is 1.61 bits per heavy atom. The maximum Gasteiger partial charge on any atom is 0.349 e. The van der Waals surface area contributed by atoms with E-state index in [-0.39, 0.29) is 11.1 Å². The highest BCUT2D eigenvalue weighted by Crippen LogP contribution is 2.24. The minimum Gasteiger partial charge on any atom is -0.457 e. The average molecular weight is 392 g/mol. The molecule has 0 aliphatic heterocycles. The van der Waals surface area contributed by atoms with E-state index in [1.165, 1.54) is 6.07 Å². The summed E-state index contributed by atoms with van der Waals surface area (Å²) in [4.78, 5) is 24.7. The van der Waals surface area contributed by atoms with Gasteiger partial charge in [-0.15, -0.1) is 0 Å². The Balaban J connectivity index is 1.53. The molecule has 1 amide bonds. The number of halogens is 1. The summed E-state index contributed by atoms with van der Waals surface area (Å²) in [5, 5.41) is 3.57. The van der Waals surface area contributed by atoms with Gasteiger partial charge in [0.25, 0.3) is 5.91 Å². The van der Waals surface area contributed by atoms with Crippen LogP contribution in [0.3, 0.4) is 0 Å². The zero-order valence-corrected chi connectivity index (χ0v) is 15.3. The molecule has 4 aromatic rings. The molecule has 0 fully saturated rings. The molecule has 0 aliphatic rings. The van der Waals surface area contributed by atoms with E-state index in [4.69, 9.17) is 20.8 Å². The number of rotatable bonds is 4. The number of benzene rings is 3. The van der Waals surface area contributed by atoms with E-state index in [0.717, 1.165) is 0 Å². The van der Waals surface area contributed by atoms with Gasteiger partial charge in [0.1, 0.15) is 17.1 Å². The molecule has 1 heterocycles. The number of amides is 1. The molecule has 0 radical (unpaired) electrons. The van der Waals surface area contributed by atoms with Gasteiger partial charge in [0.15, 0.2) is 5.58 Å². The van der Waals surface area contributed by atoms with Crippen molar-refractivity contribution in [2.75, 3.05) is 5.32 Å². The molecule has 1 aromatic heterocycles. The molecular weight excluding hydrogens is 378 g/mol. The minimum atomic E-state index is -0.748. The van der Waals surface area contributed by atoms with Crippen molar-refractivity contribution < 1.29 is 13.9 Å². The summed E-state index contributed by atoms with van der Waals surface area (Å²) in [6, 6.07) is 22.7. The van der Waals surface area contributed by atoms with Crippen LogP contribution >= 0.6 is 11.6 Å². The fourth-order valence-electron chi connectivity index (χ4n) is 2.70. The highest BCUT2D eigenvalue weighted by Gasteiger charge is 2.15. The van der Waals surface area contributed by atoms with E-state index in [1.807, 2.05) is 30.3 Å². The van der Waals surface area contributed by atoms with Crippen LogP contribution in [0.15, 0.2) is 88.1 Å². The highest BCUT2D eigenvalue weighted by molar-refractivity contribution is 6.34. The largest absolute Gasteiger partial charge is 0.457 e. The fraction of sp³-hybridized carbons (Fsp3) is 0. The Hall–Kier alpha value is -3.57. The molecule has 0 bridgehead atoms. The van der Waals surface area contributed by atoms with Gasteiger partial charge in [-0.25, -0.2) is 4.79 Å². The summed E-state index contributed by atoms with van der Waals surface area (Å²) >= 11 is 6.02. The normalized spacial score (nSPS) is 10.6. The molecule has 3 aromatic carbocycles. The van der Waals surface area contributed by atoms with Crippen molar-refractivity contribution in [3.05, 3.63) is 99.9 Å². The van der Waals surface area contributed by atoms with Crippen molar-refractivity contribution in [2.24, 2.45) is 0 Å². The number of nitrogens with one attached hydrogen (secondary N) is 1. The van der Waals surface area contributed by atoms with Crippen LogP contribution in [0.2, 0.25) is 5.02 Å². The third-order valence-electron chi connectivity index (χ3n) is 4.05. The maximum atomic E-state index is 12.5. The van der Waals surface area contributed by atoms with E-state index in [0.29, 0.717) is 27.6 Å². The zero-order chi connectivity index (χ0) is 19.5. The second kappa shape index (κ2) is 7.58. The van der Waals surface area contributed by atoms with Crippen LogP contribution in [0, 0.1) is 0 Å². The predicted octanol–water partition coefficient (Wildman–Crippen LogP) is 5.49. The van der Waals surface area contributed by atoms with Gasteiger partial charge in [0.05, 0.1) is 5.02 Å². The Labute approximate surface area is 165 Å². The van der Waals surface area contributed by atoms with Gasteiger partial charge in [0.2, 0.25) is 0 Å². The summed E-state index contributed by atoms with van der Waals surface area (Å²) in [6.07, 6.45) is 0. The number of carbonyl (C=O) groups excluding carboxylic acids is 1. The number of hydrogen-bond donors (Lipinski definition) is 1. The molecule has 4 rings (SSSR count). The smallest absolute Gasteiger partial charge is 0.349 e. The molecule has 0 saturated heterocycles. The lowest BCUT2D eigenvalue weighted by Crippen LogP contribution is -2.20. The van der Waals surface area contributed by atoms with Crippen LogP contribution in [0.25, 0.3) is 11.0 Å². The predicted molar refractivity (Wildman–Crippen MR) is 108 cm³/mol. The SMILES string of the molecule is O=C(Nc1ccc(Oc2ccccc2)cc1)c1cc2cccc(Cl)c2oc1=O. The van der Waals surface area contributed by atoms with Gasteiger partial charge >= 0.3 is 5.63 Å². The maximum absolute atomic E-state index is 12.5. The Kier molecular flexibility index (Phi) is 4.83. The van der Waals surface area contributed by atoms with E-state index < -0.39 is 11.5 Å². The third kappa shape index (κ3) is 3.75. The van der Waals surface area contributed by atoms with Crippen LogP contribution in [-0.2, 0) is 0 Å². The number of ether oxygens (including phenoxy) is 1. The van der Waals surface area contributed by atoms with Crippen molar-refractivity contribution in [1.29, 1.82) is 0 Å². The van der Waals surface area contributed by atoms with Crippen LogP contribution in [0.1, 0.15) is 10.4 Å². The highest BCUT2D eigenvalue weighted by atomic mass is 35.5. The second-order valence-electron chi connectivity index (χ2n) is 6.00. The Morgan fingerprint density at radius 3 is 2.36 bits per heavy atom. The Morgan fingerprint density at radius 1 is 0.893 bits per heavy atom. The van der Waals surface area contributed by atoms with Crippen LogP contribution in [0.4, 0.5) is 5.69 Å². The van der Waals surface area contributed by atoms with Gasteiger partial charge in [-0.1, -0.05) is 41.9 Å². The number of fused-ring (bicyclic) bond motifs is 1. The molecule has 1 N–H and O–H groups in total. The average Bonchev–Trinajstić information content (AvgIpc) is 2.70. The molecule has 5 nitrogen and oxygen atoms in total. The molecule has 0 saturated carbocycles. The molecule has 0 atom stereocenters. The van der Waals surface area contributed by atoms with E-state index in [2.05, 4.69) is 5.32 Å². The van der Waals surface area contributed by atoms with Crippen LogP contribution < -0.4 is 15.7 Å². The standard InChI is InChI=1S/C22H14ClNO4/c23-19-8-4-5-14-13-18(22(26)28-20(14)19)21(25)24-15-9-11-17(12-10-15)27-16-6-2-1-3-7-16/h1-13H,(H,24,25). The van der Waals surface area contributed by atoms with Gasteiger partial charge in [-0.3, -0.25) is 4.79 Å². The van der Waals surface area contributed by atoms with Crippen molar-refractivity contribution in [3.63, 3.8) is 0 Å².